The third kappa shape index (κ3) is 7.61. The molecule has 0 amide bonds. The van der Waals surface area contributed by atoms with Gasteiger partial charge in [-0.3, -0.25) is 0 Å². The van der Waals surface area contributed by atoms with Crippen LogP contribution in [0.2, 0.25) is 54.4 Å². The van der Waals surface area contributed by atoms with Gasteiger partial charge in [0.05, 0.1) is 12.2 Å². The number of methoxy groups -OCH3 is 1. The van der Waals surface area contributed by atoms with Gasteiger partial charge in [0.2, 0.25) is 0 Å². The lowest BCUT2D eigenvalue weighted by atomic mass is 10.00. The lowest BCUT2D eigenvalue weighted by Gasteiger charge is -2.54. The van der Waals surface area contributed by atoms with Gasteiger partial charge in [0, 0.05) is 11.5 Å². The molecule has 1 saturated heterocycles. The predicted octanol–water partition coefficient (Wildman–Crippen LogP) is 7.96. The molecule has 0 bridgehead atoms. The summed E-state index contributed by atoms with van der Waals surface area (Å²) in [6, 6.07) is 0. The van der Waals surface area contributed by atoms with Crippen LogP contribution in [-0.2, 0) is 22.8 Å². The Kier molecular flexibility index (Phi) is 10.9. The summed E-state index contributed by atoms with van der Waals surface area (Å²) in [5, 5.41) is 0.206. The van der Waals surface area contributed by atoms with Crippen LogP contribution in [0.4, 0.5) is 0 Å². The molecule has 0 aliphatic carbocycles. The monoisotopic (exact) mass is 646 g/mol. The molecule has 0 aromatic rings. The van der Waals surface area contributed by atoms with E-state index in [-0.39, 0.29) is 39.5 Å². The molecular formula is C25H55IO5Si3. The zero-order valence-electron chi connectivity index (χ0n) is 25.0. The van der Waals surface area contributed by atoms with E-state index in [1.54, 1.807) is 7.11 Å². The molecule has 0 spiro atoms. The van der Waals surface area contributed by atoms with Crippen molar-refractivity contribution in [2.75, 3.05) is 11.5 Å². The summed E-state index contributed by atoms with van der Waals surface area (Å²) in [7, 11) is -4.67. The van der Waals surface area contributed by atoms with Crippen LogP contribution in [0.1, 0.15) is 62.3 Å². The van der Waals surface area contributed by atoms with Crippen LogP contribution in [0.25, 0.3) is 0 Å². The second kappa shape index (κ2) is 11.1. The second-order valence-corrected chi connectivity index (χ2v) is 29.6. The molecule has 0 radical (unpaired) electrons. The summed E-state index contributed by atoms with van der Waals surface area (Å²) < 4.78 is 34.7. The van der Waals surface area contributed by atoms with Crippen molar-refractivity contribution in [2.24, 2.45) is 0 Å². The number of halogens is 1. The standard InChI is InChI=1S/C25H55IO5Si3/c1-23(2,3)32(11,12)29-19-18(17-26)28-22(27-10)21(31-34(15,16)25(7,8)9)20(19)30-33(13,14)24(4,5)6/h18-22H,17H2,1-16H3/t18-,19+,20+,21-,22+/m1/s1. The first-order chi connectivity index (χ1) is 14.9. The van der Waals surface area contributed by atoms with Crippen molar-refractivity contribution < 1.29 is 22.8 Å². The molecule has 1 aliphatic heterocycles. The highest BCUT2D eigenvalue weighted by molar-refractivity contribution is 14.1. The van der Waals surface area contributed by atoms with Gasteiger partial charge >= 0.3 is 0 Å². The molecule has 204 valence electrons. The van der Waals surface area contributed by atoms with Gasteiger partial charge in [-0.1, -0.05) is 84.9 Å². The molecule has 1 aliphatic rings. The maximum Gasteiger partial charge on any atom is 0.192 e. The smallest absolute Gasteiger partial charge is 0.192 e. The summed E-state index contributed by atoms with van der Waals surface area (Å²) in [6.07, 6.45) is -1.39. The molecule has 0 N–H and O–H groups in total. The SMILES string of the molecule is CO[C@H]1O[C@H](CI)[C@H](O[Si](C)(C)C(C)(C)C)[C@H](O[Si](C)(C)C(C)(C)C)[C@H]1O[Si](C)(C)C(C)(C)C. The maximum absolute atomic E-state index is 7.22. The average molecular weight is 647 g/mol. The second-order valence-electron chi connectivity index (χ2n) is 14.5. The fourth-order valence-corrected chi connectivity index (χ4v) is 7.76. The maximum atomic E-state index is 7.22. The summed E-state index contributed by atoms with van der Waals surface area (Å²) in [4.78, 5) is 0. The highest BCUT2D eigenvalue weighted by Gasteiger charge is 2.56. The van der Waals surface area contributed by atoms with Crippen LogP contribution in [0, 0.1) is 0 Å². The minimum Gasteiger partial charge on any atom is -0.409 e. The van der Waals surface area contributed by atoms with E-state index in [1.807, 2.05) is 0 Å². The fraction of sp³-hybridized carbons (Fsp3) is 1.00. The van der Waals surface area contributed by atoms with Gasteiger partial charge in [-0.25, -0.2) is 0 Å². The van der Waals surface area contributed by atoms with Crippen LogP contribution in [0.5, 0.6) is 0 Å². The highest BCUT2D eigenvalue weighted by atomic mass is 127. The summed E-state index contributed by atoms with van der Waals surface area (Å²) >= 11 is 2.41. The van der Waals surface area contributed by atoms with Crippen molar-refractivity contribution in [2.45, 2.75) is 147 Å². The highest BCUT2D eigenvalue weighted by Crippen LogP contribution is 2.46. The minimum absolute atomic E-state index is 0.0582. The molecule has 5 nitrogen and oxygen atoms in total. The number of alkyl halides is 1. The Labute approximate surface area is 228 Å². The average Bonchev–Trinajstić information content (AvgIpc) is 2.61. The van der Waals surface area contributed by atoms with Crippen LogP contribution in [-0.4, -0.2) is 67.2 Å². The van der Waals surface area contributed by atoms with Gasteiger partial charge in [-0.05, 0) is 54.4 Å². The van der Waals surface area contributed by atoms with Gasteiger partial charge < -0.3 is 22.8 Å². The first-order valence-corrected chi connectivity index (χ1v) is 22.9. The van der Waals surface area contributed by atoms with E-state index >= 15 is 0 Å². The molecule has 34 heavy (non-hydrogen) atoms. The number of hydrogen-bond donors (Lipinski definition) is 0. The first-order valence-electron chi connectivity index (χ1n) is 12.7. The normalized spacial score (nSPS) is 28.3. The Morgan fingerprint density at radius 1 is 0.618 bits per heavy atom. The van der Waals surface area contributed by atoms with Crippen molar-refractivity contribution >= 4 is 47.5 Å². The minimum atomic E-state index is -2.15. The largest absolute Gasteiger partial charge is 0.409 e. The van der Waals surface area contributed by atoms with E-state index in [0.717, 1.165) is 4.43 Å². The van der Waals surface area contributed by atoms with Gasteiger partial charge in [0.25, 0.3) is 0 Å². The third-order valence-corrected chi connectivity index (χ3v) is 23.0. The predicted molar refractivity (Wildman–Crippen MR) is 161 cm³/mol. The molecule has 0 aromatic heterocycles. The van der Waals surface area contributed by atoms with E-state index < -0.39 is 31.2 Å². The number of hydrogen-bond acceptors (Lipinski definition) is 5. The lowest BCUT2D eigenvalue weighted by Crippen LogP contribution is -2.68. The third-order valence-electron chi connectivity index (χ3n) is 8.69. The summed E-state index contributed by atoms with van der Waals surface area (Å²) in [5.74, 6) is 0. The van der Waals surface area contributed by atoms with Crippen LogP contribution < -0.4 is 0 Å². The van der Waals surface area contributed by atoms with Crippen LogP contribution >= 0.6 is 22.6 Å². The van der Waals surface area contributed by atoms with Crippen molar-refractivity contribution in [1.29, 1.82) is 0 Å². The van der Waals surface area contributed by atoms with E-state index in [0.29, 0.717) is 0 Å². The summed E-state index contributed by atoms with van der Waals surface area (Å²) in [6.45, 7) is 34.4. The molecule has 1 fully saturated rings. The van der Waals surface area contributed by atoms with E-state index in [9.17, 15) is 0 Å². The fourth-order valence-electron chi connectivity index (χ4n) is 3.15. The van der Waals surface area contributed by atoms with Gasteiger partial charge in [-0.15, -0.1) is 0 Å². The van der Waals surface area contributed by atoms with Gasteiger partial charge in [-0.2, -0.15) is 0 Å². The van der Waals surface area contributed by atoms with Crippen LogP contribution in [0.15, 0.2) is 0 Å². The molecule has 0 aromatic carbocycles. The zero-order chi connectivity index (χ0) is 27.1. The molecule has 1 rings (SSSR count). The van der Waals surface area contributed by atoms with Crippen LogP contribution in [0.3, 0.4) is 0 Å². The Morgan fingerprint density at radius 2 is 0.941 bits per heavy atom. The topological polar surface area (TPSA) is 46.2 Å². The first kappa shape index (κ1) is 33.2. The van der Waals surface area contributed by atoms with Crippen molar-refractivity contribution in [3.63, 3.8) is 0 Å². The molecule has 9 heteroatoms. The Balaban J connectivity index is 3.66. The van der Waals surface area contributed by atoms with E-state index in [4.69, 9.17) is 22.8 Å². The quantitative estimate of drug-likeness (QED) is 0.152. The van der Waals surface area contributed by atoms with Crippen molar-refractivity contribution in [3.05, 3.63) is 0 Å². The van der Waals surface area contributed by atoms with E-state index in [1.165, 1.54) is 0 Å². The number of rotatable bonds is 8. The molecule has 0 saturated carbocycles. The van der Waals surface area contributed by atoms with Gasteiger partial charge in [0.1, 0.15) is 12.2 Å². The van der Waals surface area contributed by atoms with Crippen molar-refractivity contribution in [1.82, 2.24) is 0 Å². The Morgan fingerprint density at radius 3 is 1.24 bits per heavy atom. The Bertz CT molecular complexity index is 623. The molecule has 0 unspecified atom stereocenters. The van der Waals surface area contributed by atoms with E-state index in [2.05, 4.69) is 124 Å². The zero-order valence-corrected chi connectivity index (χ0v) is 30.2. The lowest BCUT2D eigenvalue weighted by molar-refractivity contribution is -0.275. The molecular weight excluding hydrogens is 591 g/mol. The van der Waals surface area contributed by atoms with Crippen molar-refractivity contribution in [3.8, 4) is 0 Å². The molecule has 1 heterocycles. The molecule has 5 atom stereocenters. The van der Waals surface area contributed by atoms with Gasteiger partial charge in [0.15, 0.2) is 31.2 Å². The summed E-state index contributed by atoms with van der Waals surface area (Å²) in [5.41, 5.74) is 0. The number of ether oxygens (including phenoxy) is 2. The Hall–Kier alpha value is 1.18.